The van der Waals surface area contributed by atoms with Crippen LogP contribution in [0.3, 0.4) is 0 Å². The van der Waals surface area contributed by atoms with E-state index in [-0.39, 0.29) is 30.6 Å². The van der Waals surface area contributed by atoms with E-state index >= 15 is 0 Å². The Hall–Kier alpha value is -2.81. The molecule has 0 unspecified atom stereocenters. The van der Waals surface area contributed by atoms with Gasteiger partial charge in [-0.05, 0) is 56.6 Å². The number of ether oxygens (including phenoxy) is 2. The van der Waals surface area contributed by atoms with Gasteiger partial charge in [0, 0.05) is 30.8 Å². The largest absolute Gasteiger partial charge is 0.454 e. The Morgan fingerprint density at radius 2 is 1.84 bits per heavy atom. The SMILES string of the molecule is CC1CCC2(CC1)NC(=O)N(CN1CCC(C(=O)Nc3ccc4c(c3)OCO4)CC1)C2=O. The lowest BCUT2D eigenvalue weighted by Gasteiger charge is -2.35. The Balaban J connectivity index is 1.13. The summed E-state index contributed by atoms with van der Waals surface area (Å²) in [4.78, 5) is 41.8. The molecule has 172 valence electrons. The molecule has 9 nitrogen and oxygen atoms in total. The minimum absolute atomic E-state index is 0.0196. The zero-order valence-electron chi connectivity index (χ0n) is 18.4. The number of piperidine rings is 1. The molecule has 4 amide bonds. The van der Waals surface area contributed by atoms with Gasteiger partial charge < -0.3 is 20.1 Å². The number of anilines is 1. The van der Waals surface area contributed by atoms with Crippen LogP contribution in [0.5, 0.6) is 11.5 Å². The van der Waals surface area contributed by atoms with Gasteiger partial charge in [-0.1, -0.05) is 6.92 Å². The predicted molar refractivity (Wildman–Crippen MR) is 116 cm³/mol. The van der Waals surface area contributed by atoms with E-state index in [2.05, 4.69) is 22.5 Å². The summed E-state index contributed by atoms with van der Waals surface area (Å²) in [5, 5.41) is 5.94. The lowest BCUT2D eigenvalue weighted by molar-refractivity contribution is -0.134. The van der Waals surface area contributed by atoms with Crippen LogP contribution in [0.4, 0.5) is 10.5 Å². The van der Waals surface area contributed by atoms with Crippen LogP contribution in [-0.2, 0) is 9.59 Å². The molecular formula is C23H30N4O5. The molecule has 1 aliphatic carbocycles. The van der Waals surface area contributed by atoms with E-state index in [1.807, 2.05) is 0 Å². The quantitative estimate of drug-likeness (QED) is 0.695. The zero-order chi connectivity index (χ0) is 22.3. The number of urea groups is 1. The smallest absolute Gasteiger partial charge is 0.326 e. The first kappa shape index (κ1) is 21.1. The number of rotatable bonds is 4. The summed E-state index contributed by atoms with van der Waals surface area (Å²) >= 11 is 0. The molecule has 0 bridgehead atoms. The van der Waals surface area contributed by atoms with Gasteiger partial charge in [-0.15, -0.1) is 0 Å². The van der Waals surface area contributed by atoms with Crippen molar-refractivity contribution >= 4 is 23.5 Å². The molecule has 0 aromatic heterocycles. The molecule has 5 rings (SSSR count). The molecule has 32 heavy (non-hydrogen) atoms. The zero-order valence-corrected chi connectivity index (χ0v) is 18.4. The highest BCUT2D eigenvalue weighted by Gasteiger charge is 2.52. The molecule has 2 saturated heterocycles. The number of hydrogen-bond donors (Lipinski definition) is 2. The van der Waals surface area contributed by atoms with Gasteiger partial charge in [0.2, 0.25) is 12.7 Å². The Labute approximate surface area is 187 Å². The van der Waals surface area contributed by atoms with Gasteiger partial charge >= 0.3 is 6.03 Å². The number of fused-ring (bicyclic) bond motifs is 1. The van der Waals surface area contributed by atoms with Gasteiger partial charge in [-0.3, -0.25) is 14.5 Å². The number of nitrogens with one attached hydrogen (secondary N) is 2. The number of amides is 4. The van der Waals surface area contributed by atoms with Gasteiger partial charge in [0.05, 0.1) is 6.67 Å². The van der Waals surface area contributed by atoms with Crippen molar-refractivity contribution in [3.63, 3.8) is 0 Å². The number of nitrogens with zero attached hydrogens (tertiary/aromatic N) is 2. The first-order chi connectivity index (χ1) is 15.4. The fraction of sp³-hybridized carbons (Fsp3) is 0.609. The van der Waals surface area contributed by atoms with Crippen molar-refractivity contribution < 1.29 is 23.9 Å². The van der Waals surface area contributed by atoms with E-state index in [9.17, 15) is 14.4 Å². The minimum Gasteiger partial charge on any atom is -0.454 e. The fourth-order valence-electron chi connectivity index (χ4n) is 5.15. The summed E-state index contributed by atoms with van der Waals surface area (Å²) < 4.78 is 10.7. The Morgan fingerprint density at radius 1 is 1.12 bits per heavy atom. The van der Waals surface area contributed by atoms with E-state index < -0.39 is 5.54 Å². The van der Waals surface area contributed by atoms with E-state index in [1.54, 1.807) is 18.2 Å². The van der Waals surface area contributed by atoms with E-state index in [4.69, 9.17) is 9.47 Å². The summed E-state index contributed by atoms with van der Waals surface area (Å²) in [7, 11) is 0. The number of benzene rings is 1. The standard InChI is InChI=1S/C23H30N4O5/c1-15-4-8-23(9-5-15)21(29)27(22(30)25-23)13-26-10-6-16(7-11-26)20(28)24-17-2-3-18-19(12-17)32-14-31-18/h2-3,12,15-16H,4-11,13-14H2,1H3,(H,24,28)(H,25,30). The molecule has 1 saturated carbocycles. The van der Waals surface area contributed by atoms with Gasteiger partial charge in [0.25, 0.3) is 5.91 Å². The maximum atomic E-state index is 13.1. The number of hydrogen-bond acceptors (Lipinski definition) is 6. The maximum absolute atomic E-state index is 13.1. The average molecular weight is 443 g/mol. The summed E-state index contributed by atoms with van der Waals surface area (Å²) in [5.41, 5.74) is -0.0139. The van der Waals surface area contributed by atoms with Crippen molar-refractivity contribution in [3.05, 3.63) is 18.2 Å². The van der Waals surface area contributed by atoms with Crippen molar-refractivity contribution in [3.8, 4) is 11.5 Å². The summed E-state index contributed by atoms with van der Waals surface area (Å²) in [6.07, 6.45) is 4.73. The molecule has 1 aromatic carbocycles. The van der Waals surface area contributed by atoms with Crippen LogP contribution in [0.15, 0.2) is 18.2 Å². The van der Waals surface area contributed by atoms with Crippen molar-refractivity contribution in [1.29, 1.82) is 0 Å². The van der Waals surface area contributed by atoms with Gasteiger partial charge in [-0.2, -0.15) is 0 Å². The van der Waals surface area contributed by atoms with Crippen LogP contribution in [0.25, 0.3) is 0 Å². The second-order valence-corrected chi connectivity index (χ2v) is 9.52. The van der Waals surface area contributed by atoms with Gasteiger partial charge in [0.15, 0.2) is 11.5 Å². The van der Waals surface area contributed by atoms with Gasteiger partial charge in [-0.25, -0.2) is 9.69 Å². The number of carbonyl (C=O) groups excluding carboxylic acids is 3. The highest BCUT2D eigenvalue weighted by molar-refractivity contribution is 6.07. The fourth-order valence-corrected chi connectivity index (χ4v) is 5.15. The molecule has 1 spiro atoms. The lowest BCUT2D eigenvalue weighted by atomic mass is 9.77. The Morgan fingerprint density at radius 3 is 2.59 bits per heavy atom. The third kappa shape index (κ3) is 3.90. The number of carbonyl (C=O) groups is 3. The Bertz CT molecular complexity index is 919. The highest BCUT2D eigenvalue weighted by Crippen LogP contribution is 2.37. The minimum atomic E-state index is -0.702. The van der Waals surface area contributed by atoms with Gasteiger partial charge in [0.1, 0.15) is 5.54 Å². The normalized spacial score (nSPS) is 28.3. The lowest BCUT2D eigenvalue weighted by Crippen LogP contribution is -2.50. The van der Waals surface area contributed by atoms with Crippen LogP contribution >= 0.6 is 0 Å². The summed E-state index contributed by atoms with van der Waals surface area (Å²) in [6, 6.07) is 5.08. The first-order valence-corrected chi connectivity index (χ1v) is 11.5. The maximum Gasteiger partial charge on any atom is 0.326 e. The predicted octanol–water partition coefficient (Wildman–Crippen LogP) is 2.52. The van der Waals surface area contributed by atoms with Crippen molar-refractivity contribution in [1.82, 2.24) is 15.1 Å². The topological polar surface area (TPSA) is 100 Å². The molecule has 3 heterocycles. The summed E-state index contributed by atoms with van der Waals surface area (Å²) in [6.45, 7) is 4.01. The van der Waals surface area contributed by atoms with Crippen LogP contribution in [0.1, 0.15) is 45.4 Å². The molecule has 3 aliphatic heterocycles. The van der Waals surface area contributed by atoms with Crippen LogP contribution in [0, 0.1) is 11.8 Å². The molecule has 2 N–H and O–H groups in total. The van der Waals surface area contributed by atoms with Crippen molar-refractivity contribution in [2.75, 3.05) is 31.9 Å². The average Bonchev–Trinajstić information content (AvgIpc) is 3.34. The van der Waals surface area contributed by atoms with E-state index in [0.717, 1.165) is 25.7 Å². The van der Waals surface area contributed by atoms with Crippen molar-refractivity contribution in [2.45, 2.75) is 51.0 Å². The van der Waals surface area contributed by atoms with E-state index in [0.29, 0.717) is 55.7 Å². The molecule has 4 aliphatic rings. The molecular weight excluding hydrogens is 412 g/mol. The first-order valence-electron chi connectivity index (χ1n) is 11.5. The van der Waals surface area contributed by atoms with Crippen LogP contribution in [-0.4, -0.2) is 59.7 Å². The highest BCUT2D eigenvalue weighted by atomic mass is 16.7. The van der Waals surface area contributed by atoms with Crippen molar-refractivity contribution in [2.24, 2.45) is 11.8 Å². The molecule has 0 atom stereocenters. The summed E-state index contributed by atoms with van der Waals surface area (Å²) in [5.74, 6) is 1.71. The third-order valence-corrected chi connectivity index (χ3v) is 7.31. The third-order valence-electron chi connectivity index (χ3n) is 7.31. The Kier molecular flexibility index (Phi) is 5.44. The van der Waals surface area contributed by atoms with E-state index in [1.165, 1.54) is 4.90 Å². The monoisotopic (exact) mass is 442 g/mol. The number of imide groups is 1. The molecule has 9 heteroatoms. The number of likely N-dealkylation sites (tertiary alicyclic amines) is 1. The molecule has 3 fully saturated rings. The van der Waals surface area contributed by atoms with Crippen LogP contribution in [0.2, 0.25) is 0 Å². The second-order valence-electron chi connectivity index (χ2n) is 9.52. The molecule has 1 aromatic rings. The second kappa shape index (κ2) is 8.27. The van der Waals surface area contributed by atoms with Crippen LogP contribution < -0.4 is 20.1 Å². The molecule has 0 radical (unpaired) electrons.